The number of rotatable bonds is 80. The van der Waals surface area contributed by atoms with Crippen LogP contribution < -0.4 is 0 Å². The van der Waals surface area contributed by atoms with Crippen LogP contribution in [0.3, 0.4) is 0 Å². The molecule has 594 valence electrons. The Hall–Kier alpha value is -1.94. The highest BCUT2D eigenvalue weighted by Gasteiger charge is 2.30. The topological polar surface area (TPSA) is 237 Å². The fraction of sp³-hybridized carbons (Fsp3) is 0.951. The van der Waals surface area contributed by atoms with E-state index in [1.54, 1.807) is 0 Å². The maximum Gasteiger partial charge on any atom is 0.472 e. The number of aliphatic hydroxyl groups is 1. The molecular weight excluding hydrogens is 1310 g/mol. The lowest BCUT2D eigenvalue weighted by Crippen LogP contribution is -2.30. The van der Waals surface area contributed by atoms with Gasteiger partial charge in [-0.3, -0.25) is 37.3 Å². The predicted octanol–water partition coefficient (Wildman–Crippen LogP) is 24.3. The van der Waals surface area contributed by atoms with E-state index in [1.807, 2.05) is 0 Å². The van der Waals surface area contributed by atoms with Crippen LogP contribution in [0.4, 0.5) is 0 Å². The summed E-state index contributed by atoms with van der Waals surface area (Å²) in [5.74, 6) is -0.434. The molecule has 17 nitrogen and oxygen atoms in total. The van der Waals surface area contributed by atoms with Gasteiger partial charge in [-0.05, 0) is 37.5 Å². The van der Waals surface area contributed by atoms with Gasteiger partial charge in [-0.2, -0.15) is 0 Å². The second kappa shape index (κ2) is 72.6. The number of carbonyl (C=O) groups is 4. The number of aliphatic hydroxyl groups excluding tert-OH is 1. The summed E-state index contributed by atoms with van der Waals surface area (Å²) in [4.78, 5) is 72.9. The van der Waals surface area contributed by atoms with Crippen LogP contribution in [0, 0.1) is 11.8 Å². The van der Waals surface area contributed by atoms with Crippen LogP contribution in [-0.4, -0.2) is 96.7 Å². The average Bonchev–Trinajstić information content (AvgIpc) is 0.914. The van der Waals surface area contributed by atoms with Gasteiger partial charge in [0.25, 0.3) is 0 Å². The third kappa shape index (κ3) is 73.0. The van der Waals surface area contributed by atoms with Crippen LogP contribution in [0.1, 0.15) is 427 Å². The van der Waals surface area contributed by atoms with Crippen molar-refractivity contribution in [3.05, 3.63) is 0 Å². The highest BCUT2D eigenvalue weighted by Crippen LogP contribution is 2.45. The van der Waals surface area contributed by atoms with E-state index in [0.29, 0.717) is 25.7 Å². The highest BCUT2D eigenvalue weighted by molar-refractivity contribution is 7.47. The lowest BCUT2D eigenvalue weighted by atomic mass is 9.99. The predicted molar refractivity (Wildman–Crippen MR) is 409 cm³/mol. The van der Waals surface area contributed by atoms with Crippen molar-refractivity contribution in [1.29, 1.82) is 0 Å². The average molecular weight is 1470 g/mol. The molecule has 3 N–H and O–H groups in total. The first-order valence-electron chi connectivity index (χ1n) is 42.0. The third-order valence-electron chi connectivity index (χ3n) is 19.3. The largest absolute Gasteiger partial charge is 0.472 e. The lowest BCUT2D eigenvalue weighted by molar-refractivity contribution is -0.161. The van der Waals surface area contributed by atoms with Crippen molar-refractivity contribution in [2.45, 2.75) is 445 Å². The second-order valence-electron chi connectivity index (χ2n) is 29.9. The van der Waals surface area contributed by atoms with Crippen LogP contribution in [0.25, 0.3) is 0 Å². The quantitative estimate of drug-likeness (QED) is 0.0222. The molecule has 0 saturated heterocycles. The number of carbonyl (C=O) groups excluding carboxylic acids is 4. The molecule has 0 aromatic rings. The van der Waals surface area contributed by atoms with Crippen molar-refractivity contribution in [3.63, 3.8) is 0 Å². The van der Waals surface area contributed by atoms with Gasteiger partial charge >= 0.3 is 39.5 Å². The van der Waals surface area contributed by atoms with Gasteiger partial charge in [0.2, 0.25) is 0 Å². The Morgan fingerprint density at radius 2 is 0.510 bits per heavy atom. The summed E-state index contributed by atoms with van der Waals surface area (Å²) in [7, 11) is -9.91. The van der Waals surface area contributed by atoms with Crippen molar-refractivity contribution in [1.82, 2.24) is 0 Å². The number of hydrogen-bond acceptors (Lipinski definition) is 15. The first-order chi connectivity index (χ1) is 48.4. The molecule has 0 rings (SSSR count). The van der Waals surface area contributed by atoms with E-state index < -0.39 is 97.5 Å². The molecule has 0 heterocycles. The van der Waals surface area contributed by atoms with Crippen molar-refractivity contribution in [2.24, 2.45) is 11.8 Å². The molecule has 100 heavy (non-hydrogen) atoms. The molecule has 6 atom stereocenters. The smallest absolute Gasteiger partial charge is 0.462 e. The number of hydrogen-bond donors (Lipinski definition) is 3. The Morgan fingerprint density at radius 3 is 0.760 bits per heavy atom. The highest BCUT2D eigenvalue weighted by atomic mass is 31.2. The summed E-state index contributed by atoms with van der Waals surface area (Å²) in [6.07, 6.45) is 62.5. The molecule has 0 aromatic heterocycles. The number of phosphoric acid groups is 2. The minimum atomic E-state index is -4.96. The number of unbranched alkanes of at least 4 members (excludes halogenated alkanes) is 49. The van der Waals surface area contributed by atoms with Gasteiger partial charge in [0, 0.05) is 25.7 Å². The molecule has 0 aliphatic heterocycles. The number of ether oxygens (including phenoxy) is 4. The molecule has 0 saturated carbocycles. The van der Waals surface area contributed by atoms with E-state index in [4.69, 9.17) is 37.0 Å². The Balaban J connectivity index is 5.18. The summed E-state index contributed by atoms with van der Waals surface area (Å²) in [6.45, 7) is 9.70. The molecule has 0 radical (unpaired) electrons. The van der Waals surface area contributed by atoms with Gasteiger partial charge in [0.1, 0.15) is 19.3 Å². The van der Waals surface area contributed by atoms with Crippen molar-refractivity contribution in [2.75, 3.05) is 39.6 Å². The zero-order valence-electron chi connectivity index (χ0n) is 65.5. The van der Waals surface area contributed by atoms with Gasteiger partial charge in [-0.1, -0.05) is 375 Å². The minimum Gasteiger partial charge on any atom is -0.462 e. The van der Waals surface area contributed by atoms with Gasteiger partial charge in [-0.25, -0.2) is 9.13 Å². The van der Waals surface area contributed by atoms with E-state index in [0.717, 1.165) is 108 Å². The molecule has 0 aliphatic carbocycles. The van der Waals surface area contributed by atoms with Crippen molar-refractivity contribution >= 4 is 39.5 Å². The Morgan fingerprint density at radius 1 is 0.290 bits per heavy atom. The molecule has 0 aliphatic rings. The summed E-state index contributed by atoms with van der Waals surface area (Å²) in [6, 6.07) is 0. The van der Waals surface area contributed by atoms with E-state index in [2.05, 4.69) is 41.5 Å². The minimum absolute atomic E-state index is 0.107. The maximum absolute atomic E-state index is 13.1. The molecule has 3 unspecified atom stereocenters. The standard InChI is InChI=1S/C81H158O17P2/c1-7-10-12-14-16-18-19-35-41-47-53-59-65-80(85)97-76(69-91-78(83)63-57-51-45-17-15-13-11-8-2)71-95-99(87,88)93-67-75(82)68-94-100(89,90)96-72-77(70-92-79(84)64-58-52-46-40-36-31-28-24-25-29-33-38-43-49-55-61-73(4)5)98-81(86)66-60-54-48-42-37-32-27-23-21-20-22-26-30-34-39-44-50-56-62-74(6)9-3/h73-77,82H,7-72H2,1-6H3,(H,87,88)(H,89,90)/t74?,75-,76+,77+/m0/s1. The van der Waals surface area contributed by atoms with Crippen LogP contribution >= 0.6 is 15.6 Å². The van der Waals surface area contributed by atoms with E-state index >= 15 is 0 Å². The molecule has 0 amide bonds. The molecule has 0 aromatic carbocycles. The van der Waals surface area contributed by atoms with Gasteiger partial charge in [-0.15, -0.1) is 0 Å². The molecular formula is C81H158O17P2. The lowest BCUT2D eigenvalue weighted by Gasteiger charge is -2.21. The van der Waals surface area contributed by atoms with Gasteiger partial charge < -0.3 is 33.8 Å². The monoisotopic (exact) mass is 1470 g/mol. The van der Waals surface area contributed by atoms with Crippen LogP contribution in [0.2, 0.25) is 0 Å². The normalized spacial score (nSPS) is 14.2. The van der Waals surface area contributed by atoms with Gasteiger partial charge in [0.15, 0.2) is 12.2 Å². The third-order valence-corrected chi connectivity index (χ3v) is 21.2. The summed E-state index contributed by atoms with van der Waals surface area (Å²) in [5, 5.41) is 10.6. The zero-order chi connectivity index (χ0) is 73.5. The van der Waals surface area contributed by atoms with Crippen LogP contribution in [0.5, 0.6) is 0 Å². The first kappa shape index (κ1) is 98.1. The Bertz CT molecular complexity index is 1930. The number of phosphoric ester groups is 2. The van der Waals surface area contributed by atoms with E-state index in [1.165, 1.54) is 238 Å². The SMILES string of the molecule is CCCCCCCCCCCCCCC(=O)O[C@H](COC(=O)CCCCCCCCCC)COP(=O)(O)OC[C@H](O)COP(=O)(O)OC[C@@H](COC(=O)CCCCCCCCCCCCCCCCCC(C)C)OC(=O)CCCCCCCCCCCCCCCCCCCCC(C)CC. The fourth-order valence-electron chi connectivity index (χ4n) is 12.5. The molecule has 19 heteroatoms. The summed E-state index contributed by atoms with van der Waals surface area (Å²) < 4.78 is 68.6. The Kier molecular flexibility index (Phi) is 71.2. The summed E-state index contributed by atoms with van der Waals surface area (Å²) in [5.41, 5.74) is 0. The summed E-state index contributed by atoms with van der Waals surface area (Å²) >= 11 is 0. The van der Waals surface area contributed by atoms with E-state index in [9.17, 15) is 43.2 Å². The molecule has 0 fully saturated rings. The fourth-order valence-corrected chi connectivity index (χ4v) is 14.1. The van der Waals surface area contributed by atoms with Crippen molar-refractivity contribution < 1.29 is 80.2 Å². The first-order valence-corrected chi connectivity index (χ1v) is 45.0. The maximum atomic E-state index is 13.1. The van der Waals surface area contributed by atoms with Gasteiger partial charge in [0.05, 0.1) is 26.4 Å². The molecule has 0 bridgehead atoms. The second-order valence-corrected chi connectivity index (χ2v) is 32.8. The number of esters is 4. The zero-order valence-corrected chi connectivity index (χ0v) is 67.3. The Labute approximate surface area is 613 Å². The van der Waals surface area contributed by atoms with E-state index in [-0.39, 0.29) is 25.7 Å². The molecule has 0 spiro atoms. The van der Waals surface area contributed by atoms with Crippen molar-refractivity contribution in [3.8, 4) is 0 Å². The van der Waals surface area contributed by atoms with Crippen LogP contribution in [0.15, 0.2) is 0 Å². The van der Waals surface area contributed by atoms with Crippen LogP contribution in [-0.2, 0) is 65.4 Å².